The molecule has 7 nitrogen and oxygen atoms in total. The molecule has 1 aliphatic rings. The van der Waals surface area contributed by atoms with Crippen molar-refractivity contribution >= 4 is 17.5 Å². The van der Waals surface area contributed by atoms with Crippen LogP contribution in [0.15, 0.2) is 71.3 Å². The van der Waals surface area contributed by atoms with Gasteiger partial charge in [0.05, 0.1) is 6.26 Å². The second-order valence-electron chi connectivity index (χ2n) is 8.75. The van der Waals surface area contributed by atoms with Crippen molar-refractivity contribution in [2.75, 3.05) is 25.0 Å². The number of anilines is 1. The van der Waals surface area contributed by atoms with E-state index in [9.17, 15) is 9.59 Å². The van der Waals surface area contributed by atoms with Gasteiger partial charge in [-0.25, -0.2) is 0 Å². The predicted molar refractivity (Wildman–Crippen MR) is 131 cm³/mol. The van der Waals surface area contributed by atoms with Gasteiger partial charge in [0.2, 0.25) is 0 Å². The number of piperidine rings is 1. The van der Waals surface area contributed by atoms with Crippen molar-refractivity contribution in [3.05, 3.63) is 83.8 Å². The number of ether oxygens (including phenoxy) is 1. The lowest BCUT2D eigenvalue weighted by Crippen LogP contribution is -2.33. The van der Waals surface area contributed by atoms with Crippen LogP contribution in [-0.2, 0) is 17.9 Å². The van der Waals surface area contributed by atoms with E-state index in [-0.39, 0.29) is 24.2 Å². The highest BCUT2D eigenvalue weighted by Gasteiger charge is 2.17. The van der Waals surface area contributed by atoms with Crippen LogP contribution in [0.4, 0.5) is 5.69 Å². The molecule has 1 aromatic heterocycles. The molecule has 2 amide bonds. The molecule has 7 heteroatoms. The Hall–Kier alpha value is -3.58. The summed E-state index contributed by atoms with van der Waals surface area (Å²) in [6, 6.07) is 18.4. The zero-order valence-corrected chi connectivity index (χ0v) is 19.5. The first-order valence-corrected chi connectivity index (χ1v) is 11.7. The summed E-state index contributed by atoms with van der Waals surface area (Å²) < 4.78 is 10.7. The van der Waals surface area contributed by atoms with Crippen molar-refractivity contribution in [2.45, 2.75) is 32.9 Å². The Balaban J connectivity index is 1.25. The molecular formula is C27H31N3O4. The van der Waals surface area contributed by atoms with Gasteiger partial charge in [0, 0.05) is 24.8 Å². The second kappa shape index (κ2) is 11.5. The van der Waals surface area contributed by atoms with Crippen molar-refractivity contribution in [3.63, 3.8) is 0 Å². The number of nitrogens with zero attached hydrogens (tertiary/aromatic N) is 1. The monoisotopic (exact) mass is 461 g/mol. The van der Waals surface area contributed by atoms with Crippen molar-refractivity contribution < 1.29 is 18.7 Å². The third kappa shape index (κ3) is 6.71. The Morgan fingerprint density at radius 2 is 1.82 bits per heavy atom. The minimum Gasteiger partial charge on any atom is -0.484 e. The van der Waals surface area contributed by atoms with E-state index in [0.717, 1.165) is 31.1 Å². The largest absolute Gasteiger partial charge is 0.484 e. The fourth-order valence-electron chi connectivity index (χ4n) is 4.00. The van der Waals surface area contributed by atoms with E-state index in [2.05, 4.69) is 34.6 Å². The molecule has 0 unspecified atom stereocenters. The lowest BCUT2D eigenvalue weighted by molar-refractivity contribution is -0.123. The molecule has 0 spiro atoms. The molecule has 1 aliphatic heterocycles. The summed E-state index contributed by atoms with van der Waals surface area (Å²) >= 11 is 0. The van der Waals surface area contributed by atoms with Gasteiger partial charge in [0.25, 0.3) is 11.8 Å². The summed E-state index contributed by atoms with van der Waals surface area (Å²) in [6.07, 6.45) is 3.92. The van der Waals surface area contributed by atoms with E-state index in [1.807, 2.05) is 12.1 Å². The van der Waals surface area contributed by atoms with E-state index in [1.165, 1.54) is 24.7 Å². The van der Waals surface area contributed by atoms with Gasteiger partial charge in [0.15, 0.2) is 12.4 Å². The normalized spacial score (nSPS) is 14.5. The molecule has 0 atom stereocenters. The van der Waals surface area contributed by atoms with E-state index in [4.69, 9.17) is 9.15 Å². The molecule has 178 valence electrons. The highest BCUT2D eigenvalue weighted by Crippen LogP contribution is 2.20. The number of carbonyl (C=O) groups is 2. The lowest BCUT2D eigenvalue weighted by Gasteiger charge is -2.30. The average Bonchev–Trinajstić information content (AvgIpc) is 3.39. The van der Waals surface area contributed by atoms with Crippen LogP contribution < -0.4 is 15.4 Å². The molecule has 0 saturated carbocycles. The zero-order valence-electron chi connectivity index (χ0n) is 19.5. The Morgan fingerprint density at radius 1 is 1.03 bits per heavy atom. The third-order valence-electron chi connectivity index (χ3n) is 6.07. The Morgan fingerprint density at radius 3 is 2.59 bits per heavy atom. The van der Waals surface area contributed by atoms with Gasteiger partial charge in [-0.3, -0.25) is 14.5 Å². The maximum atomic E-state index is 12.4. The zero-order chi connectivity index (χ0) is 23.8. The molecular weight excluding hydrogens is 430 g/mol. The molecule has 1 saturated heterocycles. The van der Waals surface area contributed by atoms with Crippen molar-refractivity contribution in [3.8, 4) is 5.75 Å². The smallest absolute Gasteiger partial charge is 0.291 e. The van der Waals surface area contributed by atoms with Crippen LogP contribution in [0.25, 0.3) is 0 Å². The summed E-state index contributed by atoms with van der Waals surface area (Å²) in [5, 5.41) is 5.70. The van der Waals surface area contributed by atoms with Crippen molar-refractivity contribution in [2.24, 2.45) is 5.92 Å². The molecule has 3 aromatic rings. The molecule has 0 radical (unpaired) electrons. The summed E-state index contributed by atoms with van der Waals surface area (Å²) in [5.41, 5.74) is 2.93. The van der Waals surface area contributed by atoms with Gasteiger partial charge in [-0.15, -0.1) is 0 Å². The van der Waals surface area contributed by atoms with E-state index in [1.54, 1.807) is 36.4 Å². The van der Waals surface area contributed by atoms with Crippen molar-refractivity contribution in [1.82, 2.24) is 10.2 Å². The SMILES string of the molecule is CC1CCN(Cc2ccccc2CNC(=O)COc2cccc(NC(=O)c3ccco3)c2)CC1. The summed E-state index contributed by atoms with van der Waals surface area (Å²) in [4.78, 5) is 27.0. The maximum Gasteiger partial charge on any atom is 0.291 e. The van der Waals surface area contributed by atoms with Gasteiger partial charge in [-0.1, -0.05) is 37.3 Å². The molecule has 2 aromatic carbocycles. The van der Waals surface area contributed by atoms with Crippen LogP contribution in [0.1, 0.15) is 41.4 Å². The molecule has 34 heavy (non-hydrogen) atoms. The van der Waals surface area contributed by atoms with Crippen LogP contribution in [0.2, 0.25) is 0 Å². The van der Waals surface area contributed by atoms with E-state index >= 15 is 0 Å². The molecule has 2 N–H and O–H groups in total. The number of benzene rings is 2. The number of hydrogen-bond acceptors (Lipinski definition) is 5. The first kappa shape index (κ1) is 23.6. The standard InChI is InChI=1S/C27H31N3O4/c1-20-11-13-30(14-12-20)18-22-7-3-2-6-21(22)17-28-26(31)19-34-24-9-4-8-23(16-24)29-27(32)25-10-5-15-33-25/h2-10,15-16,20H,11-14,17-19H2,1H3,(H,28,31)(H,29,32). The summed E-state index contributed by atoms with van der Waals surface area (Å²) in [7, 11) is 0. The van der Waals surface area contributed by atoms with E-state index in [0.29, 0.717) is 18.0 Å². The number of rotatable bonds is 9. The Labute approximate surface area is 200 Å². The number of carbonyl (C=O) groups excluding carboxylic acids is 2. The van der Waals surface area contributed by atoms with Crippen LogP contribution in [0.3, 0.4) is 0 Å². The minimum atomic E-state index is -0.349. The highest BCUT2D eigenvalue weighted by atomic mass is 16.5. The molecule has 1 fully saturated rings. The van der Waals surface area contributed by atoms with Gasteiger partial charge >= 0.3 is 0 Å². The third-order valence-corrected chi connectivity index (χ3v) is 6.07. The maximum absolute atomic E-state index is 12.4. The quantitative estimate of drug-likeness (QED) is 0.492. The highest BCUT2D eigenvalue weighted by molar-refractivity contribution is 6.02. The number of hydrogen-bond donors (Lipinski definition) is 2. The average molecular weight is 462 g/mol. The second-order valence-corrected chi connectivity index (χ2v) is 8.75. The summed E-state index contributed by atoms with van der Waals surface area (Å²) in [6.45, 7) is 5.82. The molecule has 2 heterocycles. The first-order chi connectivity index (χ1) is 16.6. The van der Waals surface area contributed by atoms with E-state index < -0.39 is 0 Å². The number of likely N-dealkylation sites (tertiary alicyclic amines) is 1. The lowest BCUT2D eigenvalue weighted by atomic mass is 9.98. The first-order valence-electron chi connectivity index (χ1n) is 11.7. The number of amides is 2. The summed E-state index contributed by atoms with van der Waals surface area (Å²) in [5.74, 6) is 0.968. The fourth-order valence-corrected chi connectivity index (χ4v) is 4.00. The van der Waals surface area contributed by atoms with Crippen LogP contribution in [0.5, 0.6) is 5.75 Å². The van der Waals surface area contributed by atoms with Gasteiger partial charge < -0.3 is 19.8 Å². The van der Waals surface area contributed by atoms with Gasteiger partial charge in [-0.05, 0) is 67.2 Å². The predicted octanol–water partition coefficient (Wildman–Crippen LogP) is 4.46. The minimum absolute atomic E-state index is 0.109. The molecule has 0 bridgehead atoms. The van der Waals surface area contributed by atoms with Gasteiger partial charge in [0.1, 0.15) is 5.75 Å². The van der Waals surface area contributed by atoms with Crippen LogP contribution in [0, 0.1) is 5.92 Å². The van der Waals surface area contributed by atoms with Crippen molar-refractivity contribution in [1.29, 1.82) is 0 Å². The van der Waals surface area contributed by atoms with Crippen LogP contribution in [-0.4, -0.2) is 36.4 Å². The Kier molecular flexibility index (Phi) is 7.99. The number of furan rings is 1. The molecule has 4 rings (SSSR count). The number of nitrogens with one attached hydrogen (secondary N) is 2. The topological polar surface area (TPSA) is 83.8 Å². The fraction of sp³-hybridized carbons (Fsp3) is 0.333. The van der Waals surface area contributed by atoms with Crippen LogP contribution >= 0.6 is 0 Å². The Bertz CT molecular complexity index is 1090. The molecule has 0 aliphatic carbocycles. The van der Waals surface area contributed by atoms with Gasteiger partial charge in [-0.2, -0.15) is 0 Å².